The van der Waals surface area contributed by atoms with Crippen LogP contribution in [0.5, 0.6) is 0 Å². The van der Waals surface area contributed by atoms with Crippen LogP contribution < -0.4 is 10.6 Å². The predicted molar refractivity (Wildman–Crippen MR) is 189 cm³/mol. The summed E-state index contributed by atoms with van der Waals surface area (Å²) in [5.41, 5.74) is 3.70. The minimum absolute atomic E-state index is 0.0765. The fourth-order valence-electron chi connectivity index (χ4n) is 6.66. The van der Waals surface area contributed by atoms with Crippen LogP contribution in [0.4, 0.5) is 4.79 Å². The van der Waals surface area contributed by atoms with Gasteiger partial charge < -0.3 is 25.2 Å². The molecule has 2 aliphatic heterocycles. The van der Waals surface area contributed by atoms with E-state index in [1.165, 1.54) is 0 Å². The fraction of sp³-hybridized carbons (Fsp3) is 0.375. The maximum Gasteiger partial charge on any atom is 0.410 e. The highest BCUT2D eigenvalue weighted by Gasteiger charge is 2.40. The summed E-state index contributed by atoms with van der Waals surface area (Å²) in [6, 6.07) is 31.5. The lowest BCUT2D eigenvalue weighted by atomic mass is 9.96. The molecule has 0 saturated carbocycles. The van der Waals surface area contributed by atoms with Gasteiger partial charge in [0.15, 0.2) is 0 Å². The number of fused-ring (bicyclic) bond motifs is 1. The van der Waals surface area contributed by atoms with Crippen molar-refractivity contribution in [3.63, 3.8) is 0 Å². The molecule has 2 aliphatic rings. The molecule has 0 bridgehead atoms. The standard InChI is InChI=1S/C40H46N4O4/c1-40(2,3)48-39(47)43-21-19-28(20-22-43)25-41-26-36-37(45)42-35(24-30-15-18-32-11-7-8-12-34(32)23-30)38(46)44(36)27-29-13-16-33(17-14-29)31-9-5-4-6-10-31/h4-18,23,28,35-36,41H,19-22,24-27H2,1-3H3,(H,42,45)/t35-,36-/m0/s1. The summed E-state index contributed by atoms with van der Waals surface area (Å²) in [5, 5.41) is 8.81. The highest BCUT2D eigenvalue weighted by Crippen LogP contribution is 2.24. The molecular formula is C40H46N4O4. The average Bonchev–Trinajstić information content (AvgIpc) is 3.08. The van der Waals surface area contributed by atoms with Crippen molar-refractivity contribution in [1.82, 2.24) is 20.4 Å². The summed E-state index contributed by atoms with van der Waals surface area (Å²) in [4.78, 5) is 43.9. The lowest BCUT2D eigenvalue weighted by Gasteiger charge is -2.39. The van der Waals surface area contributed by atoms with Gasteiger partial charge in [0.2, 0.25) is 11.8 Å². The van der Waals surface area contributed by atoms with E-state index in [-0.39, 0.29) is 17.9 Å². The quantitative estimate of drug-likeness (QED) is 0.227. The van der Waals surface area contributed by atoms with E-state index >= 15 is 0 Å². The highest BCUT2D eigenvalue weighted by molar-refractivity contribution is 5.97. The van der Waals surface area contributed by atoms with Crippen LogP contribution in [-0.2, 0) is 27.3 Å². The van der Waals surface area contributed by atoms with Crippen molar-refractivity contribution in [1.29, 1.82) is 0 Å². The van der Waals surface area contributed by atoms with E-state index < -0.39 is 17.7 Å². The Kier molecular flexibility index (Phi) is 10.1. The molecule has 6 rings (SSSR count). The normalized spacial score (nSPS) is 19.0. The van der Waals surface area contributed by atoms with Crippen LogP contribution in [0.25, 0.3) is 21.9 Å². The lowest BCUT2D eigenvalue weighted by molar-refractivity contribution is -0.149. The van der Waals surface area contributed by atoms with E-state index in [0.717, 1.165) is 45.9 Å². The smallest absolute Gasteiger partial charge is 0.410 e. The Morgan fingerprint density at radius 3 is 2.17 bits per heavy atom. The molecule has 48 heavy (non-hydrogen) atoms. The zero-order chi connectivity index (χ0) is 33.7. The van der Waals surface area contributed by atoms with Crippen LogP contribution >= 0.6 is 0 Å². The Morgan fingerprint density at radius 2 is 1.46 bits per heavy atom. The van der Waals surface area contributed by atoms with Gasteiger partial charge >= 0.3 is 6.09 Å². The molecule has 4 aromatic carbocycles. The average molecular weight is 647 g/mol. The second-order valence-electron chi connectivity index (χ2n) is 14.1. The topological polar surface area (TPSA) is 91.0 Å². The SMILES string of the molecule is CC(C)(C)OC(=O)N1CCC(CNC[C@H]2C(=O)N[C@@H](Cc3ccc4ccccc4c3)C(=O)N2Cc2ccc(-c3ccccc3)cc2)CC1. The number of amides is 3. The van der Waals surface area contributed by atoms with Gasteiger partial charge in [-0.2, -0.15) is 0 Å². The van der Waals surface area contributed by atoms with Crippen LogP contribution in [0.3, 0.4) is 0 Å². The first kappa shape index (κ1) is 33.2. The third kappa shape index (κ3) is 8.23. The number of likely N-dealkylation sites (tertiary alicyclic amines) is 1. The van der Waals surface area contributed by atoms with Crippen LogP contribution in [0.1, 0.15) is 44.7 Å². The Balaban J connectivity index is 1.13. The number of carbonyl (C=O) groups excluding carboxylic acids is 3. The number of benzene rings is 4. The number of piperidine rings is 1. The molecule has 0 aromatic heterocycles. The van der Waals surface area contributed by atoms with Crippen molar-refractivity contribution in [2.45, 2.75) is 64.3 Å². The number of ether oxygens (including phenoxy) is 1. The summed E-state index contributed by atoms with van der Waals surface area (Å²) in [6.07, 6.45) is 1.87. The molecular weight excluding hydrogens is 600 g/mol. The first-order valence-electron chi connectivity index (χ1n) is 17.0. The molecule has 4 aromatic rings. The molecule has 3 amide bonds. The number of nitrogens with zero attached hydrogens (tertiary/aromatic N) is 2. The van der Waals surface area contributed by atoms with Crippen LogP contribution in [0, 0.1) is 5.92 Å². The van der Waals surface area contributed by atoms with Crippen molar-refractivity contribution in [3.05, 3.63) is 108 Å². The van der Waals surface area contributed by atoms with Gasteiger partial charge in [0.05, 0.1) is 0 Å². The van der Waals surface area contributed by atoms with E-state index in [4.69, 9.17) is 4.74 Å². The number of hydrogen-bond acceptors (Lipinski definition) is 5. The monoisotopic (exact) mass is 646 g/mol. The first-order valence-corrected chi connectivity index (χ1v) is 17.0. The third-order valence-corrected chi connectivity index (χ3v) is 9.28. The van der Waals surface area contributed by atoms with E-state index in [1.54, 1.807) is 9.80 Å². The van der Waals surface area contributed by atoms with Gasteiger partial charge in [-0.15, -0.1) is 0 Å². The molecule has 0 radical (unpaired) electrons. The molecule has 0 unspecified atom stereocenters. The zero-order valence-corrected chi connectivity index (χ0v) is 28.2. The molecule has 2 saturated heterocycles. The van der Waals surface area contributed by atoms with Gasteiger partial charge in [0.1, 0.15) is 17.7 Å². The van der Waals surface area contributed by atoms with Crippen molar-refractivity contribution in [2.75, 3.05) is 26.2 Å². The Hall–Kier alpha value is -4.69. The van der Waals surface area contributed by atoms with Crippen molar-refractivity contribution >= 4 is 28.7 Å². The second-order valence-corrected chi connectivity index (χ2v) is 14.1. The predicted octanol–water partition coefficient (Wildman–Crippen LogP) is 6.18. The van der Waals surface area contributed by atoms with Gasteiger partial charge in [-0.3, -0.25) is 9.59 Å². The Morgan fingerprint density at radius 1 is 0.812 bits per heavy atom. The van der Waals surface area contributed by atoms with Gasteiger partial charge in [-0.1, -0.05) is 97.1 Å². The lowest BCUT2D eigenvalue weighted by Crippen LogP contribution is -2.65. The molecule has 250 valence electrons. The summed E-state index contributed by atoms with van der Waals surface area (Å²) in [5.74, 6) is 0.145. The summed E-state index contributed by atoms with van der Waals surface area (Å²) >= 11 is 0. The number of nitrogens with one attached hydrogen (secondary N) is 2. The van der Waals surface area contributed by atoms with Crippen molar-refractivity contribution < 1.29 is 19.1 Å². The van der Waals surface area contributed by atoms with Gasteiger partial charge in [-0.05, 0) is 79.1 Å². The molecule has 2 atom stereocenters. The molecule has 2 N–H and O–H groups in total. The summed E-state index contributed by atoms with van der Waals surface area (Å²) < 4.78 is 5.54. The van der Waals surface area contributed by atoms with Gasteiger partial charge in [0.25, 0.3) is 0 Å². The molecule has 2 heterocycles. The number of carbonyl (C=O) groups is 3. The van der Waals surface area contributed by atoms with Gasteiger partial charge in [0, 0.05) is 32.6 Å². The highest BCUT2D eigenvalue weighted by atomic mass is 16.6. The maximum absolute atomic E-state index is 14.1. The third-order valence-electron chi connectivity index (χ3n) is 9.28. The van der Waals surface area contributed by atoms with E-state index in [9.17, 15) is 14.4 Å². The molecule has 8 heteroatoms. The van der Waals surface area contributed by atoms with Crippen molar-refractivity contribution in [3.8, 4) is 11.1 Å². The Labute approximate surface area is 283 Å². The van der Waals surface area contributed by atoms with E-state index in [2.05, 4.69) is 59.2 Å². The molecule has 0 aliphatic carbocycles. The minimum Gasteiger partial charge on any atom is -0.444 e. The Bertz CT molecular complexity index is 1730. The maximum atomic E-state index is 14.1. The van der Waals surface area contributed by atoms with E-state index in [0.29, 0.717) is 45.1 Å². The molecule has 0 spiro atoms. The fourth-order valence-corrected chi connectivity index (χ4v) is 6.66. The van der Waals surface area contributed by atoms with Crippen LogP contribution in [0.15, 0.2) is 97.1 Å². The van der Waals surface area contributed by atoms with Crippen molar-refractivity contribution in [2.24, 2.45) is 5.92 Å². The number of rotatable bonds is 9. The second kappa shape index (κ2) is 14.6. The molecule has 8 nitrogen and oxygen atoms in total. The summed E-state index contributed by atoms with van der Waals surface area (Å²) in [6.45, 7) is 8.33. The van der Waals surface area contributed by atoms with Crippen LogP contribution in [0.2, 0.25) is 0 Å². The zero-order valence-electron chi connectivity index (χ0n) is 28.2. The molecule has 2 fully saturated rings. The largest absolute Gasteiger partial charge is 0.444 e. The van der Waals surface area contributed by atoms with Gasteiger partial charge in [-0.25, -0.2) is 4.79 Å². The minimum atomic E-state index is -0.643. The van der Waals surface area contributed by atoms with Crippen LogP contribution in [-0.4, -0.2) is 71.6 Å². The summed E-state index contributed by atoms with van der Waals surface area (Å²) in [7, 11) is 0. The first-order chi connectivity index (χ1) is 23.1. The van der Waals surface area contributed by atoms with E-state index in [1.807, 2.05) is 69.3 Å². The number of hydrogen-bond donors (Lipinski definition) is 2. The number of piperazine rings is 1.